The van der Waals surface area contributed by atoms with Crippen molar-refractivity contribution in [1.82, 2.24) is 0 Å². The van der Waals surface area contributed by atoms with Crippen molar-refractivity contribution in [2.24, 2.45) is 0 Å². The summed E-state index contributed by atoms with van der Waals surface area (Å²) in [7, 11) is 1.17. The first-order chi connectivity index (χ1) is 6.06. The Balaban J connectivity index is 0.00000169. The molecule has 0 atom stereocenters. The van der Waals surface area contributed by atoms with Crippen LogP contribution in [0.2, 0.25) is 0 Å². The van der Waals surface area contributed by atoms with E-state index in [1.807, 2.05) is 0 Å². The molecule has 0 aromatic heterocycles. The van der Waals surface area contributed by atoms with E-state index < -0.39 is 23.2 Å². The third-order valence-electron chi connectivity index (χ3n) is 1.49. The van der Waals surface area contributed by atoms with E-state index in [2.05, 4.69) is 4.74 Å². The van der Waals surface area contributed by atoms with Crippen LogP contribution in [0.1, 0.15) is 10.4 Å². The van der Waals surface area contributed by atoms with E-state index in [9.17, 15) is 4.79 Å². The van der Waals surface area contributed by atoms with Crippen LogP contribution in [0.3, 0.4) is 0 Å². The average Bonchev–Trinajstić information content (AvgIpc) is 2.12. The zero-order chi connectivity index (χ0) is 10.0. The predicted octanol–water partition coefficient (Wildman–Crippen LogP) is 0.590. The second-order valence-corrected chi connectivity index (χ2v) is 2.35. The van der Waals surface area contributed by atoms with Gasteiger partial charge in [-0.25, -0.2) is 4.79 Å². The summed E-state index contributed by atoms with van der Waals surface area (Å²) in [5.41, 5.74) is -0.0321. The fraction of sp³-hybridized carbons (Fsp3) is 0.125. The molecule has 6 heteroatoms. The van der Waals surface area contributed by atoms with Crippen LogP contribution in [0.5, 0.6) is 17.2 Å². The van der Waals surface area contributed by atoms with Gasteiger partial charge in [0.2, 0.25) is 0 Å². The molecule has 0 radical (unpaired) electrons. The van der Waals surface area contributed by atoms with Crippen LogP contribution in [0.25, 0.3) is 0 Å². The third-order valence-corrected chi connectivity index (χ3v) is 1.49. The molecule has 0 heterocycles. The molecule has 5 nitrogen and oxygen atoms in total. The molecular weight excluding hydrogens is 216 g/mol. The van der Waals surface area contributed by atoms with Crippen molar-refractivity contribution in [3.05, 3.63) is 17.7 Å². The smallest absolute Gasteiger partial charge is 0.338 e. The van der Waals surface area contributed by atoms with Crippen molar-refractivity contribution >= 4 is 5.97 Å². The number of phenols is 3. The van der Waals surface area contributed by atoms with E-state index >= 15 is 0 Å². The molecule has 0 bridgehead atoms. The van der Waals surface area contributed by atoms with Crippen LogP contribution in [-0.4, -0.2) is 28.4 Å². The largest absolute Gasteiger partial charge is 0.504 e. The Morgan fingerprint density at radius 3 is 2.00 bits per heavy atom. The second-order valence-electron chi connectivity index (χ2n) is 2.35. The van der Waals surface area contributed by atoms with Gasteiger partial charge in [0.05, 0.1) is 12.7 Å². The molecule has 3 N–H and O–H groups in total. The number of benzene rings is 1. The number of ether oxygens (including phenoxy) is 1. The Hall–Kier alpha value is -0.650. The van der Waals surface area contributed by atoms with Gasteiger partial charge in [-0.3, -0.25) is 0 Å². The van der Waals surface area contributed by atoms with Crippen LogP contribution in [0.4, 0.5) is 0 Å². The summed E-state index contributed by atoms with van der Waals surface area (Å²) in [4.78, 5) is 10.9. The standard InChI is InChI=1S/C8H8O5.Ar/c1-13-8(12)4-2-5(9)7(11)6(10)3-4;/h2-3,9-11H,1H3;. The molecule has 0 saturated heterocycles. The van der Waals surface area contributed by atoms with Gasteiger partial charge in [0.15, 0.2) is 17.2 Å². The Kier molecular flexibility index (Phi) is 5.04. The van der Waals surface area contributed by atoms with E-state index in [-0.39, 0.29) is 43.3 Å². The van der Waals surface area contributed by atoms with Crippen molar-refractivity contribution < 1.29 is 62.6 Å². The summed E-state index contributed by atoms with van der Waals surface area (Å²) in [6, 6.07) is 2.00. The Morgan fingerprint density at radius 2 is 1.64 bits per heavy atom. The number of hydrogen-bond donors (Lipinski definition) is 3. The van der Waals surface area contributed by atoms with Crippen LogP contribution in [-0.2, 0) is 4.74 Å². The molecule has 1 aromatic rings. The minimum absolute atomic E-state index is 0. The minimum atomic E-state index is -0.703. The van der Waals surface area contributed by atoms with Crippen molar-refractivity contribution in [2.75, 3.05) is 7.11 Å². The van der Waals surface area contributed by atoms with Crippen molar-refractivity contribution in [3.63, 3.8) is 0 Å². The number of methoxy groups -OCH3 is 1. The van der Waals surface area contributed by atoms with Gasteiger partial charge in [-0.05, 0) is 12.1 Å². The summed E-state index contributed by atoms with van der Waals surface area (Å²) >= 11 is 0. The van der Waals surface area contributed by atoms with Crippen LogP contribution in [0.15, 0.2) is 12.1 Å². The summed E-state index contributed by atoms with van der Waals surface area (Å²) < 4.78 is 4.34. The Bertz CT molecular complexity index is 327. The maximum absolute atomic E-state index is 10.9. The molecule has 0 aliphatic heterocycles. The first-order valence-corrected chi connectivity index (χ1v) is 3.39. The molecule has 0 aliphatic carbocycles. The number of esters is 1. The number of phenolic OH excluding ortho intramolecular Hbond substituents is 3. The molecule has 78 valence electrons. The van der Waals surface area contributed by atoms with E-state index in [4.69, 9.17) is 15.3 Å². The van der Waals surface area contributed by atoms with Crippen LogP contribution in [0, 0.1) is 37.7 Å². The van der Waals surface area contributed by atoms with Gasteiger partial charge in [0.25, 0.3) is 0 Å². The first-order valence-electron chi connectivity index (χ1n) is 3.39. The molecule has 0 aliphatic rings. The fourth-order valence-electron chi connectivity index (χ4n) is 0.840. The zero-order valence-electron chi connectivity index (χ0n) is 7.17. The normalized spacial score (nSPS) is 8.93. The summed E-state index contributed by atoms with van der Waals surface area (Å²) in [5, 5.41) is 26.9. The molecule has 14 heavy (non-hydrogen) atoms. The van der Waals surface area contributed by atoms with Crippen molar-refractivity contribution in [3.8, 4) is 17.2 Å². The first kappa shape index (κ1) is 13.3. The number of carbonyl (C=O) groups is 1. The summed E-state index contributed by atoms with van der Waals surface area (Å²) in [6.07, 6.45) is 0. The Labute approximate surface area is 110 Å². The van der Waals surface area contributed by atoms with E-state index in [0.717, 1.165) is 12.1 Å². The quantitative estimate of drug-likeness (QED) is 0.480. The predicted molar refractivity (Wildman–Crippen MR) is 42.8 cm³/mol. The van der Waals surface area contributed by atoms with Gasteiger partial charge < -0.3 is 20.1 Å². The average molecular weight is 224 g/mol. The number of hydrogen-bond acceptors (Lipinski definition) is 5. The maximum atomic E-state index is 10.9. The van der Waals surface area contributed by atoms with Crippen LogP contribution < -0.4 is 0 Å². The molecular formula is C8H8ArO5. The molecule has 0 saturated carbocycles. The molecule has 0 unspecified atom stereocenters. The van der Waals surface area contributed by atoms with Gasteiger partial charge in [-0.1, -0.05) is 0 Å². The van der Waals surface area contributed by atoms with Gasteiger partial charge in [-0.15, -0.1) is 0 Å². The van der Waals surface area contributed by atoms with Gasteiger partial charge in [0, 0.05) is 37.7 Å². The third kappa shape index (κ3) is 2.67. The SMILES string of the molecule is COC(=O)c1cc(O)c(O)c(O)c1.[Ar]. The summed E-state index contributed by atoms with van der Waals surface area (Å²) in [6.45, 7) is 0. The Morgan fingerprint density at radius 1 is 1.21 bits per heavy atom. The van der Waals surface area contributed by atoms with Crippen molar-refractivity contribution in [1.29, 1.82) is 0 Å². The minimum Gasteiger partial charge on any atom is -0.504 e. The van der Waals surface area contributed by atoms with E-state index in [1.165, 1.54) is 7.11 Å². The zero-order valence-corrected chi connectivity index (χ0v) is 7.87. The second kappa shape index (κ2) is 5.28. The van der Waals surface area contributed by atoms with E-state index in [1.54, 1.807) is 0 Å². The maximum Gasteiger partial charge on any atom is 0.338 e. The van der Waals surface area contributed by atoms with Gasteiger partial charge in [0.1, 0.15) is 0 Å². The molecule has 0 spiro atoms. The molecule has 0 amide bonds. The molecule has 1 rings (SSSR count). The summed E-state index contributed by atoms with van der Waals surface area (Å²) in [5.74, 6) is -2.50. The number of aromatic hydroxyl groups is 3. The van der Waals surface area contributed by atoms with E-state index in [0.29, 0.717) is 0 Å². The molecule has 1 aromatic carbocycles. The van der Waals surface area contributed by atoms with Crippen molar-refractivity contribution in [2.45, 2.75) is 0 Å². The van der Waals surface area contributed by atoms with Crippen LogP contribution >= 0.6 is 0 Å². The number of carbonyl (C=O) groups excluding carboxylic acids is 1. The van der Waals surface area contributed by atoms with Gasteiger partial charge in [-0.2, -0.15) is 0 Å². The monoisotopic (exact) mass is 224 g/mol. The fourth-order valence-corrected chi connectivity index (χ4v) is 0.840. The van der Waals surface area contributed by atoms with Gasteiger partial charge >= 0.3 is 5.97 Å². The topological polar surface area (TPSA) is 87.0 Å². The number of rotatable bonds is 1. The molecule has 0 fully saturated rings.